The Labute approximate surface area is 82.4 Å². The van der Waals surface area contributed by atoms with Crippen LogP contribution in [-0.2, 0) is 14.3 Å². The van der Waals surface area contributed by atoms with Crippen molar-refractivity contribution in [3.05, 3.63) is 12.2 Å². The molecule has 1 heterocycles. The average Bonchev–Trinajstić information content (AvgIpc) is 2.15. The maximum absolute atomic E-state index is 12.1. The summed E-state index contributed by atoms with van der Waals surface area (Å²) < 4.78 is 40.4. The fourth-order valence-electron chi connectivity index (χ4n) is 0.959. The number of nitrogens with zero attached hydrogens (tertiary/aromatic N) is 1. The predicted octanol–water partition coefficient (Wildman–Crippen LogP) is 0.875. The summed E-state index contributed by atoms with van der Waals surface area (Å²) in [6, 6.07) is 0. The second-order valence-electron chi connectivity index (χ2n) is 2.69. The number of allylic oxidation sites excluding steroid dienone is 1. The van der Waals surface area contributed by atoms with Crippen LogP contribution in [0.1, 0.15) is 0 Å². The second kappa shape index (κ2) is 3.84. The monoisotopic (exact) mass is 221 g/mol. The molecule has 1 unspecified atom stereocenters. The molecule has 1 atom stereocenters. The Hall–Kier alpha value is -1.66. The van der Waals surface area contributed by atoms with Gasteiger partial charge in [0.25, 0.3) is 5.91 Å². The maximum Gasteiger partial charge on any atom is 0.433 e. The first-order valence-electron chi connectivity index (χ1n) is 3.82. The van der Waals surface area contributed by atoms with Gasteiger partial charge in [-0.3, -0.25) is 9.59 Å². The van der Waals surface area contributed by atoms with Crippen LogP contribution in [0.15, 0.2) is 17.1 Å². The minimum absolute atomic E-state index is 0.586. The molecule has 1 aliphatic rings. The van der Waals surface area contributed by atoms with E-state index in [2.05, 4.69) is 9.73 Å². The number of hydrogen-bond donors (Lipinski definition) is 0. The lowest BCUT2D eigenvalue weighted by molar-refractivity contribution is -0.147. The SMILES string of the molecule is COC(=O)C1C=CC(C(F)(F)F)=NC1=O. The van der Waals surface area contributed by atoms with Crippen LogP contribution in [-0.4, -0.2) is 30.9 Å². The van der Waals surface area contributed by atoms with Crippen LogP contribution in [0.3, 0.4) is 0 Å². The number of dihydropyridines is 1. The molecular formula is C8H6F3NO3. The van der Waals surface area contributed by atoms with Crippen molar-refractivity contribution in [2.75, 3.05) is 7.11 Å². The molecular weight excluding hydrogens is 215 g/mol. The number of alkyl halides is 3. The van der Waals surface area contributed by atoms with Crippen LogP contribution in [0.5, 0.6) is 0 Å². The van der Waals surface area contributed by atoms with Crippen molar-refractivity contribution in [1.29, 1.82) is 0 Å². The summed E-state index contributed by atoms with van der Waals surface area (Å²) in [7, 11) is 1.03. The fourth-order valence-corrected chi connectivity index (χ4v) is 0.959. The van der Waals surface area contributed by atoms with Gasteiger partial charge >= 0.3 is 12.1 Å². The van der Waals surface area contributed by atoms with Gasteiger partial charge in [0.1, 0.15) is 5.71 Å². The van der Waals surface area contributed by atoms with Crippen molar-refractivity contribution in [3.8, 4) is 0 Å². The van der Waals surface area contributed by atoms with Crippen molar-refractivity contribution < 1.29 is 27.5 Å². The number of aliphatic imine (C=N–C) groups is 1. The molecule has 0 aromatic heterocycles. The van der Waals surface area contributed by atoms with E-state index >= 15 is 0 Å². The molecule has 1 rings (SSSR count). The number of esters is 1. The van der Waals surface area contributed by atoms with E-state index in [-0.39, 0.29) is 0 Å². The Morgan fingerprint density at radius 2 is 2.13 bits per heavy atom. The molecule has 0 fully saturated rings. The third kappa shape index (κ3) is 2.42. The largest absolute Gasteiger partial charge is 0.468 e. The van der Waals surface area contributed by atoms with E-state index < -0.39 is 29.7 Å². The minimum atomic E-state index is -4.69. The zero-order valence-corrected chi connectivity index (χ0v) is 7.54. The highest BCUT2D eigenvalue weighted by Crippen LogP contribution is 2.22. The molecule has 1 amide bonds. The Morgan fingerprint density at radius 3 is 2.53 bits per heavy atom. The van der Waals surface area contributed by atoms with Gasteiger partial charge in [0.05, 0.1) is 7.11 Å². The summed E-state index contributed by atoms with van der Waals surface area (Å²) in [5.41, 5.74) is -1.31. The van der Waals surface area contributed by atoms with Gasteiger partial charge in [-0.1, -0.05) is 6.08 Å². The Morgan fingerprint density at radius 1 is 1.53 bits per heavy atom. The molecule has 0 aliphatic carbocycles. The summed E-state index contributed by atoms with van der Waals surface area (Å²) in [5, 5.41) is 0. The fraction of sp³-hybridized carbons (Fsp3) is 0.375. The molecule has 0 radical (unpaired) electrons. The number of methoxy groups -OCH3 is 1. The molecule has 7 heteroatoms. The summed E-state index contributed by atoms with van der Waals surface area (Å²) in [4.78, 5) is 24.7. The summed E-state index contributed by atoms with van der Waals surface area (Å²) in [6.07, 6.45) is -3.28. The first kappa shape index (κ1) is 11.4. The summed E-state index contributed by atoms with van der Waals surface area (Å²) in [5.74, 6) is -3.47. The summed E-state index contributed by atoms with van der Waals surface area (Å²) in [6.45, 7) is 0. The van der Waals surface area contributed by atoms with Crippen LogP contribution in [0, 0.1) is 5.92 Å². The van der Waals surface area contributed by atoms with Gasteiger partial charge in [0, 0.05) is 0 Å². The standard InChI is InChI=1S/C8H6F3NO3/c1-15-7(14)4-2-3-5(8(9,10)11)12-6(4)13/h2-4H,1H3. The van der Waals surface area contributed by atoms with Gasteiger partial charge in [-0.05, 0) is 6.08 Å². The Balaban J connectivity index is 2.89. The van der Waals surface area contributed by atoms with E-state index in [0.717, 1.165) is 13.2 Å². The molecule has 15 heavy (non-hydrogen) atoms. The van der Waals surface area contributed by atoms with Gasteiger partial charge in [-0.25, -0.2) is 4.99 Å². The summed E-state index contributed by atoms with van der Waals surface area (Å²) >= 11 is 0. The van der Waals surface area contributed by atoms with E-state index in [1.165, 1.54) is 0 Å². The van der Waals surface area contributed by atoms with Gasteiger partial charge in [-0.2, -0.15) is 13.2 Å². The number of halogens is 3. The zero-order valence-electron chi connectivity index (χ0n) is 7.54. The Kier molecular flexibility index (Phi) is 2.92. The number of rotatable bonds is 1. The van der Waals surface area contributed by atoms with E-state index in [4.69, 9.17) is 0 Å². The average molecular weight is 221 g/mol. The predicted molar refractivity (Wildman–Crippen MR) is 43.1 cm³/mol. The van der Waals surface area contributed by atoms with E-state index in [1.807, 2.05) is 0 Å². The van der Waals surface area contributed by atoms with Crippen molar-refractivity contribution in [2.45, 2.75) is 6.18 Å². The van der Waals surface area contributed by atoms with Crippen LogP contribution in [0.4, 0.5) is 13.2 Å². The molecule has 4 nitrogen and oxygen atoms in total. The van der Waals surface area contributed by atoms with Crippen molar-refractivity contribution in [3.63, 3.8) is 0 Å². The molecule has 1 aliphatic heterocycles. The van der Waals surface area contributed by atoms with Crippen LogP contribution >= 0.6 is 0 Å². The molecule has 0 saturated heterocycles. The molecule has 0 bridgehead atoms. The quantitative estimate of drug-likeness (QED) is 0.487. The van der Waals surface area contributed by atoms with E-state index in [0.29, 0.717) is 6.08 Å². The van der Waals surface area contributed by atoms with Crippen molar-refractivity contribution >= 4 is 17.6 Å². The number of carbonyl (C=O) groups is 2. The molecule has 0 saturated carbocycles. The first-order chi connectivity index (χ1) is 6.86. The Bertz CT molecular complexity index is 357. The van der Waals surface area contributed by atoms with E-state index in [9.17, 15) is 22.8 Å². The minimum Gasteiger partial charge on any atom is -0.468 e. The highest BCUT2D eigenvalue weighted by Gasteiger charge is 2.38. The number of hydrogen-bond acceptors (Lipinski definition) is 3. The van der Waals surface area contributed by atoms with Gasteiger partial charge in [-0.15, -0.1) is 0 Å². The van der Waals surface area contributed by atoms with Gasteiger partial charge < -0.3 is 4.74 Å². The zero-order chi connectivity index (χ0) is 11.6. The molecule has 0 N–H and O–H groups in total. The lowest BCUT2D eigenvalue weighted by Crippen LogP contribution is -2.31. The van der Waals surface area contributed by atoms with Crippen molar-refractivity contribution in [1.82, 2.24) is 0 Å². The van der Waals surface area contributed by atoms with Gasteiger partial charge in [0.2, 0.25) is 0 Å². The molecule has 82 valence electrons. The van der Waals surface area contributed by atoms with Crippen LogP contribution in [0.2, 0.25) is 0 Å². The second-order valence-corrected chi connectivity index (χ2v) is 2.69. The highest BCUT2D eigenvalue weighted by atomic mass is 19.4. The van der Waals surface area contributed by atoms with E-state index in [1.54, 1.807) is 0 Å². The molecule has 0 aromatic carbocycles. The normalized spacial score (nSPS) is 21.2. The number of ether oxygens (including phenoxy) is 1. The lowest BCUT2D eigenvalue weighted by atomic mass is 10.1. The molecule has 0 spiro atoms. The topological polar surface area (TPSA) is 55.7 Å². The van der Waals surface area contributed by atoms with Gasteiger partial charge in [0.15, 0.2) is 5.92 Å². The third-order valence-electron chi connectivity index (χ3n) is 1.69. The van der Waals surface area contributed by atoms with Crippen molar-refractivity contribution in [2.24, 2.45) is 10.9 Å². The highest BCUT2D eigenvalue weighted by molar-refractivity contribution is 6.13. The smallest absolute Gasteiger partial charge is 0.433 e. The number of amides is 1. The first-order valence-corrected chi connectivity index (χ1v) is 3.82. The molecule has 0 aromatic rings. The lowest BCUT2D eigenvalue weighted by Gasteiger charge is -2.13. The third-order valence-corrected chi connectivity index (χ3v) is 1.69. The number of carbonyl (C=O) groups excluding carboxylic acids is 2. The van der Waals surface area contributed by atoms with Crippen LogP contribution < -0.4 is 0 Å². The van der Waals surface area contributed by atoms with Crippen LogP contribution in [0.25, 0.3) is 0 Å². The maximum atomic E-state index is 12.1.